The van der Waals surface area contributed by atoms with E-state index in [0.717, 1.165) is 9.77 Å². The van der Waals surface area contributed by atoms with E-state index < -0.39 is 0 Å². The smallest absolute Gasteiger partial charge is 0.252 e. The first-order valence-corrected chi connectivity index (χ1v) is 10.1. The van der Waals surface area contributed by atoms with Crippen LogP contribution in [0.3, 0.4) is 0 Å². The van der Waals surface area contributed by atoms with Gasteiger partial charge in [0.15, 0.2) is 0 Å². The molecule has 6 nitrogen and oxygen atoms in total. The third kappa shape index (κ3) is 4.99. The summed E-state index contributed by atoms with van der Waals surface area (Å²) in [6.07, 6.45) is 1.55. The predicted molar refractivity (Wildman–Crippen MR) is 107 cm³/mol. The van der Waals surface area contributed by atoms with Crippen LogP contribution < -0.4 is 5.32 Å². The molecular formula is C19H19N3O3S2. The summed E-state index contributed by atoms with van der Waals surface area (Å²) in [5.41, 5.74) is 1.19. The molecule has 2 amide bonds. The average Bonchev–Trinajstić information content (AvgIpc) is 3.35. The highest BCUT2D eigenvalue weighted by molar-refractivity contribution is 8.00. The second-order valence-electron chi connectivity index (χ2n) is 5.88. The van der Waals surface area contributed by atoms with Crippen molar-refractivity contribution in [3.8, 4) is 10.8 Å². The Balaban J connectivity index is 1.62. The van der Waals surface area contributed by atoms with Gasteiger partial charge < -0.3 is 14.6 Å². The zero-order valence-electron chi connectivity index (χ0n) is 15.0. The summed E-state index contributed by atoms with van der Waals surface area (Å²) in [7, 11) is 3.42. The van der Waals surface area contributed by atoms with Gasteiger partial charge in [-0.1, -0.05) is 18.2 Å². The molecule has 0 spiro atoms. The fourth-order valence-corrected chi connectivity index (χ4v) is 3.90. The quantitative estimate of drug-likeness (QED) is 0.613. The standard InChI is InChI=1S/C19H19N3O3S2/c1-22(2)17(23)12-27-15-7-4-3-6-14(15)18(24)20-10-13-11-25-19(21-13)16-8-5-9-26-16/h3-9,11H,10,12H2,1-2H3,(H,20,24). The molecule has 0 aliphatic heterocycles. The van der Waals surface area contributed by atoms with Crippen molar-refractivity contribution < 1.29 is 14.0 Å². The van der Waals surface area contributed by atoms with Crippen molar-refractivity contribution in [1.29, 1.82) is 0 Å². The Hall–Kier alpha value is -2.58. The molecule has 2 aromatic heterocycles. The number of rotatable bonds is 7. The van der Waals surface area contributed by atoms with Gasteiger partial charge >= 0.3 is 0 Å². The first-order chi connectivity index (χ1) is 13.0. The first-order valence-electron chi connectivity index (χ1n) is 8.23. The maximum Gasteiger partial charge on any atom is 0.252 e. The van der Waals surface area contributed by atoms with Gasteiger partial charge in [-0.2, -0.15) is 0 Å². The van der Waals surface area contributed by atoms with Gasteiger partial charge in [0.1, 0.15) is 6.26 Å². The molecule has 3 rings (SSSR count). The maximum atomic E-state index is 12.6. The second-order valence-corrected chi connectivity index (χ2v) is 7.84. The van der Waals surface area contributed by atoms with Crippen molar-refractivity contribution in [1.82, 2.24) is 15.2 Å². The van der Waals surface area contributed by atoms with Gasteiger partial charge in [0.2, 0.25) is 11.8 Å². The van der Waals surface area contributed by atoms with E-state index in [0.29, 0.717) is 17.1 Å². The van der Waals surface area contributed by atoms with E-state index in [1.807, 2.05) is 29.6 Å². The molecule has 1 N–H and O–H groups in total. The van der Waals surface area contributed by atoms with Gasteiger partial charge in [-0.05, 0) is 23.6 Å². The minimum Gasteiger partial charge on any atom is -0.443 e. The third-order valence-electron chi connectivity index (χ3n) is 3.70. The lowest BCUT2D eigenvalue weighted by Crippen LogP contribution is -2.25. The lowest BCUT2D eigenvalue weighted by molar-refractivity contribution is -0.125. The molecule has 0 saturated carbocycles. The Morgan fingerprint density at radius 3 is 2.78 bits per heavy atom. The highest BCUT2D eigenvalue weighted by atomic mass is 32.2. The number of carbonyl (C=O) groups is 2. The van der Waals surface area contributed by atoms with E-state index in [9.17, 15) is 9.59 Å². The van der Waals surface area contributed by atoms with Crippen LogP contribution >= 0.6 is 23.1 Å². The average molecular weight is 402 g/mol. The topological polar surface area (TPSA) is 75.4 Å². The molecule has 0 unspecified atom stereocenters. The van der Waals surface area contributed by atoms with Crippen LogP contribution in [-0.2, 0) is 11.3 Å². The van der Waals surface area contributed by atoms with Crippen LogP contribution in [-0.4, -0.2) is 41.5 Å². The summed E-state index contributed by atoms with van der Waals surface area (Å²) < 4.78 is 5.46. The number of nitrogens with zero attached hydrogens (tertiary/aromatic N) is 2. The second kappa shape index (κ2) is 8.88. The summed E-state index contributed by atoms with van der Waals surface area (Å²) in [5, 5.41) is 4.81. The molecule has 8 heteroatoms. The van der Waals surface area contributed by atoms with Crippen LogP contribution in [0.15, 0.2) is 57.4 Å². The lowest BCUT2D eigenvalue weighted by Gasteiger charge is -2.12. The van der Waals surface area contributed by atoms with Crippen molar-refractivity contribution in [2.24, 2.45) is 0 Å². The van der Waals surface area contributed by atoms with Gasteiger partial charge in [-0.25, -0.2) is 4.98 Å². The third-order valence-corrected chi connectivity index (χ3v) is 5.61. The molecule has 0 saturated heterocycles. The Morgan fingerprint density at radius 2 is 2.04 bits per heavy atom. The van der Waals surface area contributed by atoms with E-state index in [1.165, 1.54) is 16.7 Å². The fraction of sp³-hybridized carbons (Fsp3) is 0.211. The van der Waals surface area contributed by atoms with E-state index >= 15 is 0 Å². The van der Waals surface area contributed by atoms with Crippen LogP contribution in [0.5, 0.6) is 0 Å². The van der Waals surface area contributed by atoms with E-state index in [1.54, 1.807) is 43.8 Å². The van der Waals surface area contributed by atoms with E-state index in [2.05, 4.69) is 10.3 Å². The van der Waals surface area contributed by atoms with Crippen molar-refractivity contribution in [2.45, 2.75) is 11.4 Å². The number of carbonyl (C=O) groups excluding carboxylic acids is 2. The van der Waals surface area contributed by atoms with Crippen LogP contribution in [0.1, 0.15) is 16.1 Å². The largest absolute Gasteiger partial charge is 0.443 e. The summed E-state index contributed by atoms with van der Waals surface area (Å²) in [4.78, 5) is 32.0. The number of amides is 2. The molecule has 0 atom stereocenters. The molecule has 1 aromatic carbocycles. The molecule has 0 radical (unpaired) electrons. The number of thioether (sulfide) groups is 1. The summed E-state index contributed by atoms with van der Waals surface area (Å²) in [6, 6.07) is 11.1. The lowest BCUT2D eigenvalue weighted by atomic mass is 10.2. The van der Waals surface area contributed by atoms with Crippen molar-refractivity contribution in [2.75, 3.05) is 19.8 Å². The molecule has 3 aromatic rings. The molecular weight excluding hydrogens is 382 g/mol. The maximum absolute atomic E-state index is 12.6. The van der Waals surface area contributed by atoms with Gasteiger partial charge in [0.25, 0.3) is 5.91 Å². The number of thiophene rings is 1. The molecule has 0 fully saturated rings. The molecule has 27 heavy (non-hydrogen) atoms. The summed E-state index contributed by atoms with van der Waals surface area (Å²) in [5.74, 6) is 0.618. The van der Waals surface area contributed by atoms with Crippen LogP contribution in [0.2, 0.25) is 0 Å². The SMILES string of the molecule is CN(C)C(=O)CSc1ccccc1C(=O)NCc1coc(-c2cccs2)n1. The van der Waals surface area contributed by atoms with Crippen LogP contribution in [0.25, 0.3) is 10.8 Å². The highest BCUT2D eigenvalue weighted by Crippen LogP contribution is 2.24. The molecule has 2 heterocycles. The van der Waals surface area contributed by atoms with Gasteiger partial charge in [0, 0.05) is 19.0 Å². The number of hydrogen-bond acceptors (Lipinski definition) is 6. The fourth-order valence-electron chi connectivity index (χ4n) is 2.22. The molecule has 0 bridgehead atoms. The number of aromatic nitrogens is 1. The van der Waals surface area contributed by atoms with Crippen molar-refractivity contribution >= 4 is 34.9 Å². The van der Waals surface area contributed by atoms with Crippen LogP contribution in [0.4, 0.5) is 0 Å². The monoisotopic (exact) mass is 401 g/mol. The zero-order valence-corrected chi connectivity index (χ0v) is 16.6. The minimum absolute atomic E-state index is 0.00100. The molecule has 0 aliphatic carbocycles. The number of benzene rings is 1. The minimum atomic E-state index is -0.212. The van der Waals surface area contributed by atoms with Crippen molar-refractivity contribution in [3.63, 3.8) is 0 Å². The van der Waals surface area contributed by atoms with E-state index in [-0.39, 0.29) is 24.1 Å². The first kappa shape index (κ1) is 19.2. The van der Waals surface area contributed by atoms with Gasteiger partial charge in [0.05, 0.1) is 28.4 Å². The number of oxazole rings is 1. The Kier molecular flexibility index (Phi) is 6.31. The predicted octanol–water partition coefficient (Wildman–Crippen LogP) is 3.51. The molecule has 0 aliphatic rings. The normalized spacial score (nSPS) is 10.6. The summed E-state index contributed by atoms with van der Waals surface area (Å²) in [6.45, 7) is 0.267. The van der Waals surface area contributed by atoms with Crippen molar-refractivity contribution in [3.05, 3.63) is 59.3 Å². The molecule has 140 valence electrons. The van der Waals surface area contributed by atoms with Gasteiger partial charge in [-0.3, -0.25) is 9.59 Å². The van der Waals surface area contributed by atoms with Gasteiger partial charge in [-0.15, -0.1) is 23.1 Å². The highest BCUT2D eigenvalue weighted by Gasteiger charge is 2.14. The Bertz CT molecular complexity index is 920. The Labute approximate surface area is 165 Å². The van der Waals surface area contributed by atoms with Crippen LogP contribution in [0, 0.1) is 0 Å². The summed E-state index contributed by atoms with van der Waals surface area (Å²) >= 11 is 2.90. The Morgan fingerprint density at radius 1 is 1.22 bits per heavy atom. The zero-order chi connectivity index (χ0) is 19.2. The number of nitrogens with one attached hydrogen (secondary N) is 1. The van der Waals surface area contributed by atoms with E-state index in [4.69, 9.17) is 4.42 Å². The number of hydrogen-bond donors (Lipinski definition) is 1.